The van der Waals surface area contributed by atoms with Crippen LogP contribution in [0.15, 0.2) is 29.2 Å². The molecule has 1 aliphatic carbocycles. The molecule has 0 spiro atoms. The summed E-state index contributed by atoms with van der Waals surface area (Å²) < 4.78 is 52.1. The molecule has 0 aliphatic heterocycles. The topological polar surface area (TPSA) is 77.5 Å². The summed E-state index contributed by atoms with van der Waals surface area (Å²) in [5.41, 5.74) is 0.958. The number of aryl methyl sites for hydroxylation is 1. The average Bonchev–Trinajstić information content (AvgIpc) is 3.18. The van der Waals surface area contributed by atoms with E-state index in [9.17, 15) is 16.8 Å². The van der Waals surface area contributed by atoms with E-state index >= 15 is 0 Å². The highest BCUT2D eigenvalue weighted by Crippen LogP contribution is 2.30. The van der Waals surface area contributed by atoms with Crippen molar-refractivity contribution < 1.29 is 21.0 Å². The van der Waals surface area contributed by atoms with E-state index in [1.54, 1.807) is 12.1 Å². The van der Waals surface area contributed by atoms with Gasteiger partial charge in [0, 0.05) is 0 Å². The Balaban J connectivity index is 1.80. The van der Waals surface area contributed by atoms with Crippen LogP contribution in [-0.2, 0) is 24.1 Å². The quantitative estimate of drug-likeness (QED) is 0.537. The van der Waals surface area contributed by atoms with E-state index in [4.69, 9.17) is 4.18 Å². The van der Waals surface area contributed by atoms with Gasteiger partial charge in [0.25, 0.3) is 10.1 Å². The molecule has 0 bridgehead atoms. The summed E-state index contributed by atoms with van der Waals surface area (Å²) in [6, 6.07) is 6.34. The van der Waals surface area contributed by atoms with Crippen molar-refractivity contribution in [3.63, 3.8) is 0 Å². The second-order valence-corrected chi connectivity index (χ2v) is 9.34. The maximum atomic E-state index is 11.9. The van der Waals surface area contributed by atoms with Crippen LogP contribution < -0.4 is 0 Å². The minimum Gasteiger partial charge on any atom is -0.266 e. The fraction of sp³-hybridized carbons (Fsp3) is 0.571. The van der Waals surface area contributed by atoms with Gasteiger partial charge in [0.1, 0.15) is 0 Å². The SMILES string of the molecule is Cc1ccc(S(=O)(=O)OCCCS(=O)(=O)CC2CC2)cc1. The summed E-state index contributed by atoms with van der Waals surface area (Å²) in [5, 5.41) is 0. The van der Waals surface area contributed by atoms with Crippen molar-refractivity contribution >= 4 is 20.0 Å². The monoisotopic (exact) mass is 332 g/mol. The molecule has 0 heterocycles. The molecular weight excluding hydrogens is 312 g/mol. The smallest absolute Gasteiger partial charge is 0.266 e. The van der Waals surface area contributed by atoms with Crippen molar-refractivity contribution in [2.45, 2.75) is 31.1 Å². The van der Waals surface area contributed by atoms with Crippen LogP contribution in [0, 0.1) is 12.8 Å². The van der Waals surface area contributed by atoms with Crippen molar-refractivity contribution in [1.82, 2.24) is 0 Å². The lowest BCUT2D eigenvalue weighted by Crippen LogP contribution is -2.15. The first kappa shape index (κ1) is 16.5. The Morgan fingerprint density at radius 3 is 2.29 bits per heavy atom. The summed E-state index contributed by atoms with van der Waals surface area (Å²) in [6.07, 6.45) is 2.16. The highest BCUT2D eigenvalue weighted by Gasteiger charge is 2.27. The van der Waals surface area contributed by atoms with E-state index in [-0.39, 0.29) is 29.4 Å². The van der Waals surface area contributed by atoms with E-state index in [0.717, 1.165) is 18.4 Å². The number of sulfone groups is 1. The van der Waals surface area contributed by atoms with Crippen molar-refractivity contribution in [2.75, 3.05) is 18.1 Å². The summed E-state index contributed by atoms with van der Waals surface area (Å²) in [6.45, 7) is 1.75. The highest BCUT2D eigenvalue weighted by molar-refractivity contribution is 7.91. The zero-order valence-corrected chi connectivity index (χ0v) is 13.6. The molecule has 1 aromatic rings. The fourth-order valence-electron chi connectivity index (χ4n) is 1.95. The van der Waals surface area contributed by atoms with Crippen molar-refractivity contribution in [2.24, 2.45) is 5.92 Å². The van der Waals surface area contributed by atoms with Crippen LogP contribution in [0.4, 0.5) is 0 Å². The zero-order chi connectivity index (χ0) is 15.5. The standard InChI is InChI=1S/C14H20O5S2/c1-12-3-7-14(8-4-12)21(17,18)19-9-2-10-20(15,16)11-13-5-6-13/h3-4,7-8,13H,2,5-6,9-11H2,1H3. The van der Waals surface area contributed by atoms with Crippen LogP contribution in [0.2, 0.25) is 0 Å². The lowest BCUT2D eigenvalue weighted by molar-refractivity contribution is 0.318. The molecule has 2 rings (SSSR count). The summed E-state index contributed by atoms with van der Waals surface area (Å²) >= 11 is 0. The van der Waals surface area contributed by atoms with Gasteiger partial charge in [-0.25, -0.2) is 8.42 Å². The van der Waals surface area contributed by atoms with Gasteiger partial charge >= 0.3 is 0 Å². The Morgan fingerprint density at radius 2 is 1.71 bits per heavy atom. The van der Waals surface area contributed by atoms with Gasteiger partial charge in [0.05, 0.1) is 23.0 Å². The van der Waals surface area contributed by atoms with Gasteiger partial charge in [-0.2, -0.15) is 8.42 Å². The lowest BCUT2D eigenvalue weighted by Gasteiger charge is -2.06. The molecule has 7 heteroatoms. The molecule has 21 heavy (non-hydrogen) atoms. The van der Waals surface area contributed by atoms with Gasteiger partial charge in [-0.3, -0.25) is 4.18 Å². The Morgan fingerprint density at radius 1 is 1.10 bits per heavy atom. The first-order valence-electron chi connectivity index (χ1n) is 6.95. The van der Waals surface area contributed by atoms with Crippen LogP contribution in [0.25, 0.3) is 0 Å². The van der Waals surface area contributed by atoms with Gasteiger partial charge in [-0.05, 0) is 44.2 Å². The molecule has 1 fully saturated rings. The first-order valence-corrected chi connectivity index (χ1v) is 10.2. The van der Waals surface area contributed by atoms with Gasteiger partial charge in [0.15, 0.2) is 9.84 Å². The van der Waals surface area contributed by atoms with Crippen LogP contribution in [0.3, 0.4) is 0 Å². The summed E-state index contributed by atoms with van der Waals surface area (Å²) in [4.78, 5) is 0.0916. The van der Waals surface area contributed by atoms with Crippen LogP contribution in [0.1, 0.15) is 24.8 Å². The predicted octanol–water partition coefficient (Wildman–Crippen LogP) is 1.92. The van der Waals surface area contributed by atoms with E-state index in [0.29, 0.717) is 5.92 Å². The molecule has 0 amide bonds. The van der Waals surface area contributed by atoms with Gasteiger partial charge in [0.2, 0.25) is 0 Å². The number of rotatable bonds is 8. The highest BCUT2D eigenvalue weighted by atomic mass is 32.2. The van der Waals surface area contributed by atoms with Crippen molar-refractivity contribution in [3.05, 3.63) is 29.8 Å². The average molecular weight is 332 g/mol. The Kier molecular flexibility index (Phi) is 5.06. The Bertz CT molecular complexity index is 671. The number of hydrogen-bond acceptors (Lipinski definition) is 5. The molecule has 1 saturated carbocycles. The van der Waals surface area contributed by atoms with E-state index in [1.807, 2.05) is 6.92 Å². The van der Waals surface area contributed by atoms with Crippen LogP contribution >= 0.6 is 0 Å². The van der Waals surface area contributed by atoms with E-state index in [1.165, 1.54) is 12.1 Å². The molecule has 0 atom stereocenters. The lowest BCUT2D eigenvalue weighted by atomic mass is 10.2. The van der Waals surface area contributed by atoms with Gasteiger partial charge in [-0.1, -0.05) is 17.7 Å². The molecule has 1 aliphatic rings. The van der Waals surface area contributed by atoms with Crippen LogP contribution in [0.5, 0.6) is 0 Å². The minimum absolute atomic E-state index is 0.0209. The Hall–Kier alpha value is -0.920. The largest absolute Gasteiger partial charge is 0.296 e. The second-order valence-electron chi connectivity index (χ2n) is 5.50. The van der Waals surface area contributed by atoms with Gasteiger partial charge in [-0.15, -0.1) is 0 Å². The third kappa shape index (κ3) is 5.41. The first-order chi connectivity index (χ1) is 9.78. The minimum atomic E-state index is -3.80. The predicted molar refractivity (Wildman–Crippen MR) is 80.3 cm³/mol. The molecular formula is C14H20O5S2. The third-order valence-corrected chi connectivity index (χ3v) is 6.55. The van der Waals surface area contributed by atoms with Crippen molar-refractivity contribution in [3.8, 4) is 0 Å². The maximum absolute atomic E-state index is 11.9. The zero-order valence-electron chi connectivity index (χ0n) is 12.0. The molecule has 0 N–H and O–H groups in total. The molecule has 1 aromatic carbocycles. The second kappa shape index (κ2) is 6.46. The van der Waals surface area contributed by atoms with E-state index in [2.05, 4.69) is 0 Å². The fourth-order valence-corrected chi connectivity index (χ4v) is 4.67. The molecule has 0 radical (unpaired) electrons. The Labute approximate surface area is 126 Å². The number of hydrogen-bond donors (Lipinski definition) is 0. The van der Waals surface area contributed by atoms with Gasteiger partial charge < -0.3 is 0 Å². The van der Waals surface area contributed by atoms with Crippen LogP contribution in [-0.4, -0.2) is 34.9 Å². The third-order valence-electron chi connectivity index (χ3n) is 3.33. The molecule has 0 unspecified atom stereocenters. The van der Waals surface area contributed by atoms with Crippen molar-refractivity contribution in [1.29, 1.82) is 0 Å². The molecule has 0 aromatic heterocycles. The summed E-state index contributed by atoms with van der Waals surface area (Å²) in [7, 11) is -6.88. The van der Waals surface area contributed by atoms with E-state index < -0.39 is 20.0 Å². The maximum Gasteiger partial charge on any atom is 0.296 e. The molecule has 0 saturated heterocycles. The normalized spacial score (nSPS) is 16.0. The molecule has 118 valence electrons. The summed E-state index contributed by atoms with van der Waals surface area (Å²) in [5.74, 6) is 0.511. The number of benzene rings is 1. The molecule has 5 nitrogen and oxygen atoms in total.